The lowest BCUT2D eigenvalue weighted by Crippen LogP contribution is -2.17. The zero-order valence-corrected chi connectivity index (χ0v) is 11.9. The van der Waals surface area contributed by atoms with Crippen LogP contribution in [0, 0.1) is 5.82 Å². The minimum atomic E-state index is -3.06. The number of benzene rings is 1. The number of halogens is 1. The van der Waals surface area contributed by atoms with Crippen LogP contribution >= 0.6 is 0 Å². The summed E-state index contributed by atoms with van der Waals surface area (Å²) in [5.41, 5.74) is 6.11. The van der Waals surface area contributed by atoms with E-state index in [-0.39, 0.29) is 23.9 Å². The molecule has 108 valence electrons. The van der Waals surface area contributed by atoms with Crippen LogP contribution in [-0.2, 0) is 16.3 Å². The summed E-state index contributed by atoms with van der Waals surface area (Å²) in [5.74, 6) is 0.281. The Balaban J connectivity index is 2.62. The monoisotopic (exact) mass is 289 g/mol. The second-order valence-electron chi connectivity index (χ2n) is 4.29. The van der Waals surface area contributed by atoms with E-state index in [2.05, 4.69) is 0 Å². The van der Waals surface area contributed by atoms with Gasteiger partial charge in [-0.3, -0.25) is 0 Å². The number of nitrogens with two attached hydrogens (primary N) is 1. The molecule has 0 fully saturated rings. The first kappa shape index (κ1) is 15.9. The maximum Gasteiger partial charge on any atom is 0.153 e. The Morgan fingerprint density at radius 2 is 2.05 bits per heavy atom. The highest BCUT2D eigenvalue weighted by Gasteiger charge is 2.11. The van der Waals surface area contributed by atoms with Crippen molar-refractivity contribution < 1.29 is 17.5 Å². The molecule has 0 saturated carbocycles. The van der Waals surface area contributed by atoms with Crippen molar-refractivity contribution >= 4 is 9.84 Å². The van der Waals surface area contributed by atoms with Crippen LogP contribution in [0.25, 0.3) is 0 Å². The lowest BCUT2D eigenvalue weighted by Gasteiger charge is -2.11. The highest BCUT2D eigenvalue weighted by Crippen LogP contribution is 2.20. The molecule has 1 aromatic carbocycles. The molecule has 0 spiro atoms. The van der Waals surface area contributed by atoms with Gasteiger partial charge in [0.1, 0.15) is 18.2 Å². The third-order valence-electron chi connectivity index (χ3n) is 2.60. The molecular weight excluding hydrogens is 269 g/mol. The summed E-state index contributed by atoms with van der Waals surface area (Å²) in [6.45, 7) is 2.28. The van der Waals surface area contributed by atoms with E-state index >= 15 is 0 Å². The molecule has 6 heteroatoms. The van der Waals surface area contributed by atoms with Crippen LogP contribution < -0.4 is 10.5 Å². The standard InChI is InChI=1S/C13H20FNO3S/c1-2-8-19(16,17)9-7-18-13-4-3-12(14)10-11(13)5-6-15/h3-4,10H,2,5-9,15H2,1H3. The lowest BCUT2D eigenvalue weighted by molar-refractivity contribution is 0.336. The fourth-order valence-corrected chi connectivity index (χ4v) is 2.89. The van der Waals surface area contributed by atoms with Crippen molar-refractivity contribution in [3.8, 4) is 5.75 Å². The zero-order valence-electron chi connectivity index (χ0n) is 11.1. The van der Waals surface area contributed by atoms with Gasteiger partial charge < -0.3 is 10.5 Å². The van der Waals surface area contributed by atoms with Crippen molar-refractivity contribution in [2.45, 2.75) is 19.8 Å². The van der Waals surface area contributed by atoms with Crippen molar-refractivity contribution in [2.75, 3.05) is 24.7 Å². The molecule has 0 radical (unpaired) electrons. The molecule has 0 aliphatic rings. The van der Waals surface area contributed by atoms with Crippen LogP contribution in [0.2, 0.25) is 0 Å². The fourth-order valence-electron chi connectivity index (χ4n) is 1.73. The first-order chi connectivity index (χ1) is 8.98. The minimum Gasteiger partial charge on any atom is -0.492 e. The van der Waals surface area contributed by atoms with Gasteiger partial charge in [-0.05, 0) is 43.1 Å². The van der Waals surface area contributed by atoms with Crippen LogP contribution in [0.4, 0.5) is 4.39 Å². The largest absolute Gasteiger partial charge is 0.492 e. The van der Waals surface area contributed by atoms with Gasteiger partial charge in [-0.1, -0.05) is 6.92 Å². The van der Waals surface area contributed by atoms with Crippen LogP contribution in [-0.4, -0.2) is 33.1 Å². The molecule has 1 rings (SSSR count). The van der Waals surface area contributed by atoms with Crippen molar-refractivity contribution in [2.24, 2.45) is 5.73 Å². The van der Waals surface area contributed by atoms with E-state index < -0.39 is 9.84 Å². The topological polar surface area (TPSA) is 69.4 Å². The van der Waals surface area contributed by atoms with Crippen LogP contribution in [0.3, 0.4) is 0 Å². The van der Waals surface area contributed by atoms with E-state index in [0.29, 0.717) is 30.7 Å². The smallest absolute Gasteiger partial charge is 0.153 e. The van der Waals surface area contributed by atoms with Gasteiger partial charge in [0, 0.05) is 0 Å². The minimum absolute atomic E-state index is 0.0275. The average Bonchev–Trinajstić information content (AvgIpc) is 2.32. The van der Waals surface area contributed by atoms with Crippen LogP contribution in [0.15, 0.2) is 18.2 Å². The summed E-state index contributed by atoms with van der Waals surface area (Å²) < 4.78 is 41.6. The maximum atomic E-state index is 13.1. The van der Waals surface area contributed by atoms with Crippen molar-refractivity contribution in [3.63, 3.8) is 0 Å². The van der Waals surface area contributed by atoms with Crippen molar-refractivity contribution in [3.05, 3.63) is 29.6 Å². The second kappa shape index (κ2) is 7.45. The Bertz CT molecular complexity index is 503. The SMILES string of the molecule is CCCS(=O)(=O)CCOc1ccc(F)cc1CCN. The van der Waals surface area contributed by atoms with Gasteiger partial charge in [0.25, 0.3) is 0 Å². The van der Waals surface area contributed by atoms with Crippen molar-refractivity contribution in [1.82, 2.24) is 0 Å². The Morgan fingerprint density at radius 3 is 2.68 bits per heavy atom. The highest BCUT2D eigenvalue weighted by molar-refractivity contribution is 7.91. The third kappa shape index (κ3) is 5.57. The van der Waals surface area contributed by atoms with Gasteiger partial charge in [-0.25, -0.2) is 12.8 Å². The molecule has 2 N–H and O–H groups in total. The Labute approximate surface area is 113 Å². The third-order valence-corrected chi connectivity index (χ3v) is 4.42. The summed E-state index contributed by atoms with van der Waals surface area (Å²) in [6, 6.07) is 4.16. The number of hydrogen-bond donors (Lipinski definition) is 1. The molecule has 0 heterocycles. The summed E-state index contributed by atoms with van der Waals surface area (Å²) in [5, 5.41) is 0. The second-order valence-corrected chi connectivity index (χ2v) is 6.59. The van der Waals surface area contributed by atoms with Gasteiger partial charge >= 0.3 is 0 Å². The van der Waals surface area contributed by atoms with E-state index in [1.54, 1.807) is 0 Å². The summed E-state index contributed by atoms with van der Waals surface area (Å²) in [6.07, 6.45) is 1.09. The zero-order chi connectivity index (χ0) is 14.3. The van der Waals surface area contributed by atoms with Gasteiger partial charge in [0.2, 0.25) is 0 Å². The molecule has 4 nitrogen and oxygen atoms in total. The predicted molar refractivity (Wildman–Crippen MR) is 73.6 cm³/mol. The van der Waals surface area contributed by atoms with Gasteiger partial charge in [0.15, 0.2) is 9.84 Å². The molecule has 19 heavy (non-hydrogen) atoms. The van der Waals surface area contributed by atoms with Crippen LogP contribution in [0.1, 0.15) is 18.9 Å². The summed E-state index contributed by atoms with van der Waals surface area (Å²) in [4.78, 5) is 0. The molecule has 0 aliphatic carbocycles. The van der Waals surface area contributed by atoms with Gasteiger partial charge in [-0.2, -0.15) is 0 Å². The van der Waals surface area contributed by atoms with Crippen molar-refractivity contribution in [1.29, 1.82) is 0 Å². The van der Waals surface area contributed by atoms with E-state index in [0.717, 1.165) is 0 Å². The van der Waals surface area contributed by atoms with E-state index in [1.165, 1.54) is 18.2 Å². The Kier molecular flexibility index (Phi) is 6.24. The summed E-state index contributed by atoms with van der Waals surface area (Å²) >= 11 is 0. The van der Waals surface area contributed by atoms with E-state index in [9.17, 15) is 12.8 Å². The van der Waals surface area contributed by atoms with Crippen LogP contribution in [0.5, 0.6) is 5.75 Å². The summed E-state index contributed by atoms with van der Waals surface area (Å²) in [7, 11) is -3.06. The number of rotatable bonds is 8. The highest BCUT2D eigenvalue weighted by atomic mass is 32.2. The first-order valence-electron chi connectivity index (χ1n) is 6.30. The molecule has 0 aromatic heterocycles. The average molecular weight is 289 g/mol. The maximum absolute atomic E-state index is 13.1. The number of ether oxygens (including phenoxy) is 1. The molecule has 0 bridgehead atoms. The lowest BCUT2D eigenvalue weighted by atomic mass is 10.1. The normalized spacial score (nSPS) is 11.5. The first-order valence-corrected chi connectivity index (χ1v) is 8.12. The molecular formula is C13H20FNO3S. The Morgan fingerprint density at radius 1 is 1.32 bits per heavy atom. The van der Waals surface area contributed by atoms with E-state index in [1.807, 2.05) is 6.92 Å². The predicted octanol–water partition coefficient (Wildman–Crippen LogP) is 1.53. The molecule has 1 aromatic rings. The molecule has 0 saturated heterocycles. The molecule has 0 unspecified atom stereocenters. The van der Waals surface area contributed by atoms with Gasteiger partial charge in [-0.15, -0.1) is 0 Å². The number of sulfone groups is 1. The fraction of sp³-hybridized carbons (Fsp3) is 0.538. The Hall–Kier alpha value is -1.14. The molecule has 0 amide bonds. The quantitative estimate of drug-likeness (QED) is 0.788. The molecule has 0 atom stereocenters. The number of hydrogen-bond acceptors (Lipinski definition) is 4. The van der Waals surface area contributed by atoms with Gasteiger partial charge in [0.05, 0.1) is 11.5 Å². The van der Waals surface area contributed by atoms with E-state index in [4.69, 9.17) is 10.5 Å². The molecule has 0 aliphatic heterocycles.